The Morgan fingerprint density at radius 1 is 1.46 bits per heavy atom. The van der Waals surface area contributed by atoms with E-state index in [9.17, 15) is 4.79 Å². The van der Waals surface area contributed by atoms with E-state index in [0.29, 0.717) is 5.76 Å². The van der Waals surface area contributed by atoms with Gasteiger partial charge < -0.3 is 4.42 Å². The molecule has 1 heterocycles. The van der Waals surface area contributed by atoms with E-state index in [2.05, 4.69) is 6.92 Å². The number of rotatable bonds is 4. The fourth-order valence-corrected chi connectivity index (χ4v) is 0.968. The Balaban J connectivity index is 0.000000671. The SMILES string of the molecule is CC.CCCCc1coc(C=O)c1. The molecule has 1 aromatic rings. The molecular formula is C11H18O2. The van der Waals surface area contributed by atoms with Gasteiger partial charge in [0.1, 0.15) is 0 Å². The van der Waals surface area contributed by atoms with Crippen molar-refractivity contribution in [3.63, 3.8) is 0 Å². The largest absolute Gasteiger partial charge is 0.461 e. The van der Waals surface area contributed by atoms with E-state index in [1.807, 2.05) is 13.8 Å². The van der Waals surface area contributed by atoms with Gasteiger partial charge in [-0.1, -0.05) is 27.2 Å². The van der Waals surface area contributed by atoms with Gasteiger partial charge in [-0.05, 0) is 24.5 Å². The molecule has 1 rings (SSSR count). The smallest absolute Gasteiger partial charge is 0.185 e. The highest BCUT2D eigenvalue weighted by Crippen LogP contribution is 2.08. The van der Waals surface area contributed by atoms with Crippen molar-refractivity contribution in [2.75, 3.05) is 0 Å². The first-order valence-corrected chi connectivity index (χ1v) is 4.89. The van der Waals surface area contributed by atoms with Crippen LogP contribution in [0.25, 0.3) is 0 Å². The molecule has 0 spiro atoms. The lowest BCUT2D eigenvalue weighted by atomic mass is 10.1. The highest BCUT2D eigenvalue weighted by Gasteiger charge is 1.98. The monoisotopic (exact) mass is 182 g/mol. The summed E-state index contributed by atoms with van der Waals surface area (Å²) in [5.41, 5.74) is 1.12. The van der Waals surface area contributed by atoms with Crippen LogP contribution in [0, 0.1) is 0 Å². The van der Waals surface area contributed by atoms with E-state index in [4.69, 9.17) is 4.42 Å². The van der Waals surface area contributed by atoms with Crippen LogP contribution in [0.3, 0.4) is 0 Å². The minimum Gasteiger partial charge on any atom is -0.461 e. The Morgan fingerprint density at radius 2 is 2.15 bits per heavy atom. The van der Waals surface area contributed by atoms with Crippen LogP contribution in [0.4, 0.5) is 0 Å². The number of unbranched alkanes of at least 4 members (excludes halogenated alkanes) is 1. The molecule has 0 N–H and O–H groups in total. The van der Waals surface area contributed by atoms with Crippen LogP contribution in [0.5, 0.6) is 0 Å². The fraction of sp³-hybridized carbons (Fsp3) is 0.545. The van der Waals surface area contributed by atoms with Gasteiger partial charge in [-0.15, -0.1) is 0 Å². The quantitative estimate of drug-likeness (QED) is 0.667. The van der Waals surface area contributed by atoms with Crippen LogP contribution >= 0.6 is 0 Å². The van der Waals surface area contributed by atoms with Crippen LogP contribution in [-0.2, 0) is 6.42 Å². The normalized spacial score (nSPS) is 8.85. The Bertz CT molecular complexity index is 226. The number of hydrogen-bond donors (Lipinski definition) is 0. The molecule has 2 nitrogen and oxygen atoms in total. The van der Waals surface area contributed by atoms with Crippen molar-refractivity contribution in [1.29, 1.82) is 0 Å². The summed E-state index contributed by atoms with van der Waals surface area (Å²) in [6, 6.07) is 1.79. The van der Waals surface area contributed by atoms with Gasteiger partial charge in [0.15, 0.2) is 12.0 Å². The second-order valence-electron chi connectivity index (χ2n) is 2.58. The maximum atomic E-state index is 10.2. The van der Waals surface area contributed by atoms with Gasteiger partial charge >= 0.3 is 0 Å². The van der Waals surface area contributed by atoms with E-state index in [0.717, 1.165) is 24.7 Å². The average Bonchev–Trinajstić information content (AvgIpc) is 2.65. The van der Waals surface area contributed by atoms with Crippen LogP contribution in [0.2, 0.25) is 0 Å². The molecule has 0 aliphatic heterocycles. The molecule has 0 bridgehead atoms. The predicted octanol–water partition coefficient (Wildman–Crippen LogP) is 3.46. The minimum atomic E-state index is 0.427. The standard InChI is InChI=1S/C9H12O2.C2H6/c1-2-3-4-8-5-9(6-10)11-7-8;1-2/h5-7H,2-4H2,1H3;1-2H3. The van der Waals surface area contributed by atoms with Gasteiger partial charge in [0.25, 0.3) is 0 Å². The Kier molecular flexibility index (Phi) is 6.98. The summed E-state index contributed by atoms with van der Waals surface area (Å²) < 4.78 is 4.94. The van der Waals surface area contributed by atoms with Gasteiger partial charge in [-0.2, -0.15) is 0 Å². The maximum Gasteiger partial charge on any atom is 0.185 e. The van der Waals surface area contributed by atoms with E-state index in [1.165, 1.54) is 6.42 Å². The van der Waals surface area contributed by atoms with Crippen molar-refractivity contribution in [2.45, 2.75) is 40.0 Å². The zero-order valence-electron chi connectivity index (χ0n) is 8.67. The summed E-state index contributed by atoms with van der Waals surface area (Å²) in [5.74, 6) is 0.427. The number of carbonyl (C=O) groups is 1. The molecule has 13 heavy (non-hydrogen) atoms. The summed E-state index contributed by atoms with van der Waals surface area (Å²) in [5, 5.41) is 0. The molecule has 0 atom stereocenters. The molecule has 0 radical (unpaired) electrons. The van der Waals surface area contributed by atoms with Crippen molar-refractivity contribution >= 4 is 6.29 Å². The van der Waals surface area contributed by atoms with Gasteiger partial charge in [0.2, 0.25) is 0 Å². The zero-order valence-corrected chi connectivity index (χ0v) is 8.67. The van der Waals surface area contributed by atoms with Crippen molar-refractivity contribution in [1.82, 2.24) is 0 Å². The summed E-state index contributed by atoms with van der Waals surface area (Å²) in [4.78, 5) is 10.2. The van der Waals surface area contributed by atoms with Gasteiger partial charge in [-0.25, -0.2) is 0 Å². The third-order valence-electron chi connectivity index (χ3n) is 1.61. The topological polar surface area (TPSA) is 30.2 Å². The number of aryl methyl sites for hydroxylation is 1. The maximum absolute atomic E-state index is 10.2. The average molecular weight is 182 g/mol. The van der Waals surface area contributed by atoms with Crippen LogP contribution in [0.1, 0.15) is 49.7 Å². The lowest BCUT2D eigenvalue weighted by Gasteiger charge is -1.89. The number of furan rings is 1. The van der Waals surface area contributed by atoms with E-state index < -0.39 is 0 Å². The Morgan fingerprint density at radius 3 is 2.62 bits per heavy atom. The molecule has 74 valence electrons. The first kappa shape index (κ1) is 11.9. The summed E-state index contributed by atoms with van der Waals surface area (Å²) in [7, 11) is 0. The van der Waals surface area contributed by atoms with Crippen molar-refractivity contribution in [2.24, 2.45) is 0 Å². The Hall–Kier alpha value is -1.05. The molecule has 0 saturated heterocycles. The van der Waals surface area contributed by atoms with Gasteiger partial charge in [-0.3, -0.25) is 4.79 Å². The molecule has 0 fully saturated rings. The second kappa shape index (κ2) is 7.59. The highest BCUT2D eigenvalue weighted by atomic mass is 16.3. The fourth-order valence-electron chi connectivity index (χ4n) is 0.968. The number of carbonyl (C=O) groups excluding carboxylic acids is 1. The first-order chi connectivity index (χ1) is 6.36. The molecular weight excluding hydrogens is 164 g/mol. The third kappa shape index (κ3) is 4.51. The molecule has 0 amide bonds. The van der Waals surface area contributed by atoms with E-state index in [-0.39, 0.29) is 0 Å². The second-order valence-corrected chi connectivity index (χ2v) is 2.58. The molecule has 0 saturated carbocycles. The molecule has 0 aliphatic rings. The highest BCUT2D eigenvalue weighted by molar-refractivity contribution is 5.70. The number of aldehydes is 1. The molecule has 0 aliphatic carbocycles. The third-order valence-corrected chi connectivity index (χ3v) is 1.61. The van der Waals surface area contributed by atoms with E-state index in [1.54, 1.807) is 12.3 Å². The van der Waals surface area contributed by atoms with Gasteiger partial charge in [0, 0.05) is 0 Å². The Labute approximate surface area is 79.9 Å². The first-order valence-electron chi connectivity index (χ1n) is 4.89. The van der Waals surface area contributed by atoms with Crippen molar-refractivity contribution < 1.29 is 9.21 Å². The van der Waals surface area contributed by atoms with E-state index >= 15 is 0 Å². The zero-order chi connectivity index (χ0) is 10.1. The summed E-state index contributed by atoms with van der Waals surface area (Å²) >= 11 is 0. The molecule has 2 heteroatoms. The molecule has 0 aromatic carbocycles. The van der Waals surface area contributed by atoms with Crippen LogP contribution < -0.4 is 0 Å². The van der Waals surface area contributed by atoms with Crippen molar-refractivity contribution in [3.8, 4) is 0 Å². The summed E-state index contributed by atoms with van der Waals surface area (Å²) in [6.07, 6.45) is 5.71. The molecule has 0 unspecified atom stereocenters. The van der Waals surface area contributed by atoms with Crippen LogP contribution in [-0.4, -0.2) is 6.29 Å². The summed E-state index contributed by atoms with van der Waals surface area (Å²) in [6.45, 7) is 6.14. The van der Waals surface area contributed by atoms with Crippen molar-refractivity contribution in [3.05, 3.63) is 23.7 Å². The molecule has 1 aromatic heterocycles. The minimum absolute atomic E-state index is 0.427. The number of hydrogen-bond acceptors (Lipinski definition) is 2. The lowest BCUT2D eigenvalue weighted by molar-refractivity contribution is 0.110. The van der Waals surface area contributed by atoms with Crippen LogP contribution in [0.15, 0.2) is 16.7 Å². The van der Waals surface area contributed by atoms with Gasteiger partial charge in [0.05, 0.1) is 6.26 Å². The lowest BCUT2D eigenvalue weighted by Crippen LogP contribution is -1.79. The predicted molar refractivity (Wildman–Crippen MR) is 54.1 cm³/mol.